The van der Waals surface area contributed by atoms with Crippen molar-refractivity contribution in [2.75, 3.05) is 25.0 Å². The largest absolute Gasteiger partial charge is 0.320 e. The molecule has 0 unspecified atom stereocenters. The Kier molecular flexibility index (Phi) is 10.4. The number of rotatable bonds is 4. The molecule has 1 saturated heterocycles. The monoisotopic (exact) mass is 530 g/mol. The third-order valence-corrected chi connectivity index (χ3v) is 7.68. The van der Waals surface area contributed by atoms with Crippen LogP contribution < -0.4 is 5.32 Å². The van der Waals surface area contributed by atoms with E-state index in [0.29, 0.717) is 0 Å². The van der Waals surface area contributed by atoms with E-state index in [1.165, 1.54) is 31.2 Å². The van der Waals surface area contributed by atoms with E-state index in [0.717, 1.165) is 58.8 Å². The second-order valence-electron chi connectivity index (χ2n) is 9.38. The molecule has 1 heterocycles. The molecule has 0 aromatic heterocycles. The number of anilines is 1. The molecule has 0 atom stereocenters. The van der Waals surface area contributed by atoms with Gasteiger partial charge in [0.05, 0.1) is 19.6 Å². The number of likely N-dealkylation sites (tertiary alicyclic amines) is 1. The fourth-order valence-corrected chi connectivity index (χ4v) is 5.79. The van der Waals surface area contributed by atoms with Crippen LogP contribution >= 0.6 is 11.6 Å². The predicted octanol–water partition coefficient (Wildman–Crippen LogP) is 6.83. The summed E-state index contributed by atoms with van der Waals surface area (Å²) in [6.45, 7) is 11.8. The van der Waals surface area contributed by atoms with Crippen LogP contribution in [0.15, 0.2) is 42.5 Å². The first kappa shape index (κ1) is 27.5. The van der Waals surface area contributed by atoms with Crippen molar-refractivity contribution in [1.82, 2.24) is 0 Å². The molecule has 2 aromatic carbocycles. The van der Waals surface area contributed by atoms with Crippen LogP contribution in [0, 0.1) is 20.8 Å². The summed E-state index contributed by atoms with van der Waals surface area (Å²) in [5.74, 6) is 0.228. The zero-order valence-corrected chi connectivity index (χ0v) is 23.8. The summed E-state index contributed by atoms with van der Waals surface area (Å²) in [6.07, 6.45) is 7.04. The van der Waals surface area contributed by atoms with Gasteiger partial charge in [-0.05, 0) is 76.6 Å². The predicted molar refractivity (Wildman–Crippen MR) is 132 cm³/mol. The summed E-state index contributed by atoms with van der Waals surface area (Å²) in [5.41, 5.74) is 4.15. The molecule has 0 spiro atoms. The maximum atomic E-state index is 13.4. The number of carbonyl (C=O) groups is 1. The Morgan fingerprint density at radius 2 is 1.53 bits per heavy atom. The van der Waals surface area contributed by atoms with Gasteiger partial charge in [-0.15, -0.1) is 0 Å². The van der Waals surface area contributed by atoms with Gasteiger partial charge in [-0.2, -0.15) is 0 Å². The number of benzene rings is 2. The van der Waals surface area contributed by atoms with Crippen LogP contribution in [0.1, 0.15) is 62.1 Å². The standard InChI is InChI=1S/C20H29ClN2O.C7H8.Y/c1-4-23(11-6-5-7-12-23)20(9-8-10-20)19(24)22-18-15(2)13-17(21)14-16(18)3;1-7-5-3-2-4-6-7;/h13-14H,4-12H2,1-3H3;2-6H,1H3;/p+1. The smallest absolute Gasteiger partial charge is 0.285 e. The molecule has 3 nitrogen and oxygen atoms in total. The fraction of sp³-hybridized carbons (Fsp3) is 0.519. The van der Waals surface area contributed by atoms with Gasteiger partial charge in [-0.1, -0.05) is 47.5 Å². The van der Waals surface area contributed by atoms with Crippen molar-refractivity contribution in [3.8, 4) is 0 Å². The molecule has 1 aliphatic carbocycles. The molecule has 1 aliphatic heterocycles. The molecule has 2 aliphatic rings. The molecule has 1 amide bonds. The van der Waals surface area contributed by atoms with Crippen LogP contribution in [0.25, 0.3) is 0 Å². The first-order valence-corrected chi connectivity index (χ1v) is 12.2. The van der Waals surface area contributed by atoms with Crippen molar-refractivity contribution in [1.29, 1.82) is 0 Å². The summed E-state index contributed by atoms with van der Waals surface area (Å²) in [7, 11) is 0. The van der Waals surface area contributed by atoms with Gasteiger partial charge in [0.25, 0.3) is 5.91 Å². The van der Waals surface area contributed by atoms with Gasteiger partial charge in [0, 0.05) is 56.3 Å². The van der Waals surface area contributed by atoms with Crippen molar-refractivity contribution < 1.29 is 42.0 Å². The summed E-state index contributed by atoms with van der Waals surface area (Å²) in [4.78, 5) is 13.4. The number of hydrogen-bond donors (Lipinski definition) is 1. The molecule has 0 bridgehead atoms. The minimum atomic E-state index is -0.215. The molecule has 2 fully saturated rings. The number of nitrogens with one attached hydrogen (secondary N) is 1. The Morgan fingerprint density at radius 3 is 1.94 bits per heavy atom. The van der Waals surface area contributed by atoms with Crippen LogP contribution in [0.4, 0.5) is 5.69 Å². The number of piperidine rings is 1. The van der Waals surface area contributed by atoms with Gasteiger partial charge in [0.15, 0.2) is 5.54 Å². The summed E-state index contributed by atoms with van der Waals surface area (Å²) < 4.78 is 0.991. The second-order valence-corrected chi connectivity index (χ2v) is 9.81. The van der Waals surface area contributed by atoms with Gasteiger partial charge in [-0.3, -0.25) is 4.79 Å². The zero-order valence-electron chi connectivity index (χ0n) is 20.2. The normalized spacial score (nSPS) is 18.3. The molecule has 2 aromatic rings. The van der Waals surface area contributed by atoms with Gasteiger partial charge < -0.3 is 9.80 Å². The average molecular weight is 531 g/mol. The van der Waals surface area contributed by atoms with Gasteiger partial charge in [-0.25, -0.2) is 0 Å². The van der Waals surface area contributed by atoms with Crippen LogP contribution in [0.3, 0.4) is 0 Å². The summed E-state index contributed by atoms with van der Waals surface area (Å²) in [6, 6.07) is 14.1. The quantitative estimate of drug-likeness (QED) is 0.431. The molecule has 171 valence electrons. The first-order chi connectivity index (χ1) is 14.8. The van der Waals surface area contributed by atoms with Crippen molar-refractivity contribution >= 4 is 23.2 Å². The minimum absolute atomic E-state index is 0. The minimum Gasteiger partial charge on any atom is -0.320 e. The van der Waals surface area contributed by atoms with E-state index in [2.05, 4.69) is 31.3 Å². The van der Waals surface area contributed by atoms with Crippen molar-refractivity contribution in [2.45, 2.75) is 71.8 Å². The SMILES string of the molecule is CC[N+]1(C2(C(=O)Nc3c(C)cc(Cl)cc3C)CCC2)CCCCC1.Cc1ccccc1.[Y]. The van der Waals surface area contributed by atoms with Crippen molar-refractivity contribution in [3.63, 3.8) is 0 Å². The molecule has 1 N–H and O–H groups in total. The van der Waals surface area contributed by atoms with Crippen LogP contribution in [-0.2, 0) is 37.5 Å². The molecular formula is C27H38ClN2OY+. The van der Waals surface area contributed by atoms with Crippen LogP contribution in [-0.4, -0.2) is 35.6 Å². The fourth-order valence-electron chi connectivity index (χ4n) is 5.47. The van der Waals surface area contributed by atoms with E-state index in [4.69, 9.17) is 11.6 Å². The molecular weight excluding hydrogens is 493 g/mol. The second kappa shape index (κ2) is 12.1. The maximum absolute atomic E-state index is 13.4. The Morgan fingerprint density at radius 1 is 0.969 bits per heavy atom. The van der Waals surface area contributed by atoms with E-state index < -0.39 is 0 Å². The summed E-state index contributed by atoms with van der Waals surface area (Å²) >= 11 is 6.14. The molecule has 1 saturated carbocycles. The zero-order chi connectivity index (χ0) is 22.5. The molecule has 32 heavy (non-hydrogen) atoms. The van der Waals surface area contributed by atoms with E-state index >= 15 is 0 Å². The Bertz CT molecular complexity index is 867. The topological polar surface area (TPSA) is 29.1 Å². The van der Waals surface area contributed by atoms with Gasteiger partial charge in [0.2, 0.25) is 0 Å². The number of nitrogens with zero attached hydrogens (tertiary/aromatic N) is 1. The van der Waals surface area contributed by atoms with Crippen LogP contribution in [0.5, 0.6) is 0 Å². The Hall–Kier alpha value is -0.736. The average Bonchev–Trinajstić information content (AvgIpc) is 2.71. The number of aryl methyl sites for hydroxylation is 3. The number of carbonyl (C=O) groups excluding carboxylic acids is 1. The molecule has 4 rings (SSSR count). The number of likely N-dealkylation sites (N-methyl/N-ethyl adjacent to an activating group) is 1. The number of hydrogen-bond acceptors (Lipinski definition) is 1. The van der Waals surface area contributed by atoms with E-state index in [-0.39, 0.29) is 44.2 Å². The van der Waals surface area contributed by atoms with E-state index in [1.54, 1.807) is 0 Å². The van der Waals surface area contributed by atoms with Crippen molar-refractivity contribution in [2.24, 2.45) is 0 Å². The van der Waals surface area contributed by atoms with Crippen molar-refractivity contribution in [3.05, 3.63) is 64.2 Å². The van der Waals surface area contributed by atoms with Gasteiger partial charge >= 0.3 is 0 Å². The van der Waals surface area contributed by atoms with Gasteiger partial charge in [0.1, 0.15) is 0 Å². The van der Waals surface area contributed by atoms with Crippen LogP contribution in [0.2, 0.25) is 5.02 Å². The third kappa shape index (κ3) is 5.84. The third-order valence-electron chi connectivity index (χ3n) is 7.47. The number of halogens is 1. The maximum Gasteiger partial charge on any atom is 0.285 e. The van der Waals surface area contributed by atoms with E-state index in [1.807, 2.05) is 44.2 Å². The molecule has 5 heteroatoms. The Labute approximate surface area is 224 Å². The molecule has 1 radical (unpaired) electrons. The first-order valence-electron chi connectivity index (χ1n) is 11.8. The number of quaternary nitrogens is 1. The Balaban J connectivity index is 0.000000388. The summed E-state index contributed by atoms with van der Waals surface area (Å²) in [5, 5.41) is 4.02. The van der Waals surface area contributed by atoms with E-state index in [9.17, 15) is 4.79 Å². The number of amides is 1.